The first-order chi connectivity index (χ1) is 14.2. The Morgan fingerprint density at radius 2 is 1.93 bits per heavy atom. The second kappa shape index (κ2) is 8.51. The van der Waals surface area contributed by atoms with Crippen LogP contribution in [0.2, 0.25) is 0 Å². The highest BCUT2D eigenvalue weighted by Crippen LogP contribution is 2.33. The maximum atomic E-state index is 12.8. The number of amides is 1. The number of methoxy groups -OCH3 is 1. The van der Waals surface area contributed by atoms with Crippen LogP contribution in [0.15, 0.2) is 52.2 Å². The van der Waals surface area contributed by atoms with Gasteiger partial charge in [-0.2, -0.15) is 5.10 Å². The molecule has 7 heteroatoms. The summed E-state index contributed by atoms with van der Waals surface area (Å²) in [5.41, 5.74) is 1.67. The molecule has 2 aromatic rings. The highest BCUT2D eigenvalue weighted by molar-refractivity contribution is 6.03. The molecule has 152 valence electrons. The molecule has 1 amide bonds. The summed E-state index contributed by atoms with van der Waals surface area (Å²) < 4.78 is 16.0. The van der Waals surface area contributed by atoms with Crippen LogP contribution >= 0.6 is 0 Å². The Morgan fingerprint density at radius 3 is 2.59 bits per heavy atom. The molecule has 0 saturated heterocycles. The molecule has 0 unspecified atom stereocenters. The summed E-state index contributed by atoms with van der Waals surface area (Å²) >= 11 is 0. The largest absolute Gasteiger partial charge is 0.497 e. The molecule has 1 atom stereocenters. The van der Waals surface area contributed by atoms with Crippen molar-refractivity contribution in [2.75, 3.05) is 13.7 Å². The molecule has 1 aromatic heterocycles. The van der Waals surface area contributed by atoms with Crippen molar-refractivity contribution < 1.29 is 23.5 Å². The molecule has 1 aromatic carbocycles. The first kappa shape index (κ1) is 19.2. The molecule has 4 rings (SSSR count). The van der Waals surface area contributed by atoms with Crippen LogP contribution in [0.3, 0.4) is 0 Å². The summed E-state index contributed by atoms with van der Waals surface area (Å²) in [5.74, 6) is 0.667. The van der Waals surface area contributed by atoms with Crippen LogP contribution < -0.4 is 4.74 Å². The lowest BCUT2D eigenvalue weighted by atomic mass is 10.0. The number of ether oxygens (including phenoxy) is 2. The van der Waals surface area contributed by atoms with Crippen LogP contribution in [0, 0.1) is 5.92 Å². The van der Waals surface area contributed by atoms with Gasteiger partial charge in [-0.3, -0.25) is 9.59 Å². The first-order valence-corrected chi connectivity index (χ1v) is 9.89. The normalized spacial score (nSPS) is 19.3. The van der Waals surface area contributed by atoms with E-state index in [9.17, 15) is 9.59 Å². The topological polar surface area (TPSA) is 81.3 Å². The van der Waals surface area contributed by atoms with Gasteiger partial charge in [-0.1, -0.05) is 12.8 Å². The highest BCUT2D eigenvalue weighted by Gasteiger charge is 2.35. The van der Waals surface area contributed by atoms with Gasteiger partial charge in [-0.05, 0) is 54.8 Å². The fourth-order valence-corrected chi connectivity index (χ4v) is 3.88. The minimum absolute atomic E-state index is 0.0828. The van der Waals surface area contributed by atoms with Crippen LogP contribution in [0.4, 0.5) is 0 Å². The quantitative estimate of drug-likeness (QED) is 0.696. The van der Waals surface area contributed by atoms with Gasteiger partial charge < -0.3 is 13.9 Å². The number of hydrogen-bond acceptors (Lipinski definition) is 6. The standard InChI is InChI=1S/C22H24N2O5/c1-27-17-10-8-15(9-11-17)18-13-19(20-7-4-12-28-20)24(23-18)21(25)14-29-22(26)16-5-2-3-6-16/h4,7-12,16,19H,2-3,5-6,13-14H2,1H3/t19-/m1/s1. The van der Waals surface area contributed by atoms with Crippen LogP contribution in [0.1, 0.15) is 49.5 Å². The van der Waals surface area contributed by atoms with E-state index in [1.54, 1.807) is 19.4 Å². The zero-order chi connectivity index (χ0) is 20.2. The fraction of sp³-hybridized carbons (Fsp3) is 0.409. The zero-order valence-electron chi connectivity index (χ0n) is 16.4. The fourth-order valence-electron chi connectivity index (χ4n) is 3.88. The number of benzene rings is 1. The average molecular weight is 396 g/mol. The van der Waals surface area contributed by atoms with Crippen molar-refractivity contribution >= 4 is 17.6 Å². The van der Waals surface area contributed by atoms with E-state index in [-0.39, 0.29) is 30.4 Å². The van der Waals surface area contributed by atoms with E-state index in [0.717, 1.165) is 42.7 Å². The van der Waals surface area contributed by atoms with Gasteiger partial charge in [-0.15, -0.1) is 0 Å². The predicted molar refractivity (Wildman–Crippen MR) is 105 cm³/mol. The SMILES string of the molecule is COc1ccc(C2=NN(C(=O)COC(=O)C3CCCC3)[C@@H](c3ccco3)C2)cc1. The maximum absolute atomic E-state index is 12.8. The first-order valence-electron chi connectivity index (χ1n) is 9.89. The molecule has 0 radical (unpaired) electrons. The summed E-state index contributed by atoms with van der Waals surface area (Å²) in [6, 6.07) is 10.8. The van der Waals surface area contributed by atoms with Crippen molar-refractivity contribution in [2.45, 2.75) is 38.1 Å². The van der Waals surface area contributed by atoms with Crippen molar-refractivity contribution in [2.24, 2.45) is 11.0 Å². The smallest absolute Gasteiger partial charge is 0.309 e. The van der Waals surface area contributed by atoms with E-state index < -0.39 is 0 Å². The number of hydrogen-bond donors (Lipinski definition) is 0. The van der Waals surface area contributed by atoms with Crippen molar-refractivity contribution in [3.8, 4) is 5.75 Å². The third-order valence-corrected chi connectivity index (χ3v) is 5.49. The summed E-state index contributed by atoms with van der Waals surface area (Å²) in [5, 5.41) is 5.91. The zero-order valence-corrected chi connectivity index (χ0v) is 16.4. The van der Waals surface area contributed by atoms with Crippen LogP contribution in [-0.4, -0.2) is 36.3 Å². The number of hydrazone groups is 1. The lowest BCUT2D eigenvalue weighted by molar-refractivity contribution is -0.156. The van der Waals surface area contributed by atoms with Gasteiger partial charge in [-0.25, -0.2) is 5.01 Å². The second-order valence-electron chi connectivity index (χ2n) is 7.34. The second-order valence-corrected chi connectivity index (χ2v) is 7.34. The Balaban J connectivity index is 1.49. The molecule has 1 fully saturated rings. The van der Waals surface area contributed by atoms with Crippen LogP contribution in [0.5, 0.6) is 5.75 Å². The number of nitrogens with zero attached hydrogens (tertiary/aromatic N) is 2. The van der Waals surface area contributed by atoms with E-state index in [1.807, 2.05) is 30.3 Å². The van der Waals surface area contributed by atoms with E-state index in [2.05, 4.69) is 5.10 Å². The number of furan rings is 1. The van der Waals surface area contributed by atoms with Gasteiger partial charge in [0, 0.05) is 6.42 Å². The Labute approximate surface area is 169 Å². The molecule has 2 aliphatic rings. The molecular formula is C22H24N2O5. The van der Waals surface area contributed by atoms with Crippen LogP contribution in [-0.2, 0) is 14.3 Å². The van der Waals surface area contributed by atoms with E-state index >= 15 is 0 Å². The van der Waals surface area contributed by atoms with Gasteiger partial charge in [0.2, 0.25) is 0 Å². The lowest BCUT2D eigenvalue weighted by Gasteiger charge is -2.20. The van der Waals surface area contributed by atoms with Gasteiger partial charge >= 0.3 is 5.97 Å². The predicted octanol–water partition coefficient (Wildman–Crippen LogP) is 3.70. The molecular weight excluding hydrogens is 372 g/mol. The Kier molecular flexibility index (Phi) is 5.64. The third kappa shape index (κ3) is 4.18. The molecule has 29 heavy (non-hydrogen) atoms. The molecule has 1 aliphatic heterocycles. The molecule has 2 heterocycles. The maximum Gasteiger partial charge on any atom is 0.309 e. The Bertz CT molecular complexity index is 882. The van der Waals surface area contributed by atoms with Crippen LogP contribution in [0.25, 0.3) is 0 Å². The third-order valence-electron chi connectivity index (χ3n) is 5.49. The molecule has 1 aliphatic carbocycles. The number of carbonyl (C=O) groups is 2. The minimum atomic E-state index is -0.361. The minimum Gasteiger partial charge on any atom is -0.497 e. The van der Waals surface area contributed by atoms with Crippen molar-refractivity contribution in [1.82, 2.24) is 5.01 Å². The van der Waals surface area contributed by atoms with E-state index in [1.165, 1.54) is 5.01 Å². The van der Waals surface area contributed by atoms with Gasteiger partial charge in [0.15, 0.2) is 6.61 Å². The number of carbonyl (C=O) groups excluding carboxylic acids is 2. The van der Waals surface area contributed by atoms with Crippen molar-refractivity contribution in [3.05, 3.63) is 54.0 Å². The van der Waals surface area contributed by atoms with E-state index in [4.69, 9.17) is 13.9 Å². The molecule has 0 spiro atoms. The van der Waals surface area contributed by atoms with Crippen molar-refractivity contribution in [3.63, 3.8) is 0 Å². The average Bonchev–Trinajstić information content (AvgIpc) is 3.52. The molecule has 0 N–H and O–H groups in total. The summed E-state index contributed by atoms with van der Waals surface area (Å²) in [7, 11) is 1.61. The highest BCUT2D eigenvalue weighted by atomic mass is 16.5. The molecule has 7 nitrogen and oxygen atoms in total. The van der Waals surface area contributed by atoms with Gasteiger partial charge in [0.25, 0.3) is 5.91 Å². The van der Waals surface area contributed by atoms with E-state index in [0.29, 0.717) is 12.2 Å². The molecule has 0 bridgehead atoms. The number of rotatable bonds is 6. The van der Waals surface area contributed by atoms with Gasteiger partial charge in [0.05, 0.1) is 25.0 Å². The van der Waals surface area contributed by atoms with Crippen molar-refractivity contribution in [1.29, 1.82) is 0 Å². The number of esters is 1. The monoisotopic (exact) mass is 396 g/mol. The summed E-state index contributed by atoms with van der Waals surface area (Å²) in [4.78, 5) is 25.0. The van der Waals surface area contributed by atoms with Gasteiger partial charge in [0.1, 0.15) is 17.6 Å². The Morgan fingerprint density at radius 1 is 1.17 bits per heavy atom. The Hall–Kier alpha value is -3.09. The lowest BCUT2D eigenvalue weighted by Crippen LogP contribution is -2.32. The summed E-state index contributed by atoms with van der Waals surface area (Å²) in [6.45, 7) is -0.314. The molecule has 1 saturated carbocycles. The summed E-state index contributed by atoms with van der Waals surface area (Å²) in [6.07, 6.45) is 5.84.